The molecular weight excluding hydrogens is 335 g/mol. The van der Waals surface area contributed by atoms with Gasteiger partial charge in [0.2, 0.25) is 0 Å². The molecule has 0 spiro atoms. The highest BCUT2D eigenvalue weighted by Crippen LogP contribution is 2.40. The number of hydrogen-bond acceptors (Lipinski definition) is 3. The Labute approximate surface area is 156 Å². The molecule has 1 aliphatic rings. The Morgan fingerprint density at radius 2 is 2.08 bits per heavy atom. The molecule has 4 atom stereocenters. The van der Waals surface area contributed by atoms with Gasteiger partial charge in [0.25, 0.3) is 0 Å². The average molecular weight is 368 g/mol. The van der Waals surface area contributed by atoms with Crippen LogP contribution in [0.3, 0.4) is 0 Å². The van der Waals surface area contributed by atoms with Crippen LogP contribution in [0.1, 0.15) is 71.1 Å². The molecule has 1 aliphatic carbocycles. The quantitative estimate of drug-likeness (QED) is 0.367. The summed E-state index contributed by atoms with van der Waals surface area (Å²) in [7, 11) is 0. The molecule has 0 aromatic heterocycles. The van der Waals surface area contributed by atoms with Gasteiger partial charge in [0.05, 0.1) is 6.10 Å². The van der Waals surface area contributed by atoms with Gasteiger partial charge in [-0.05, 0) is 25.7 Å². The zero-order chi connectivity index (χ0) is 19.5. The zero-order valence-corrected chi connectivity index (χ0v) is 15.8. The van der Waals surface area contributed by atoms with Crippen molar-refractivity contribution in [1.29, 1.82) is 0 Å². The smallest absolute Gasteiger partial charge is 0.303 e. The predicted octanol–water partition coefficient (Wildman–Crippen LogP) is 4.62. The topological polar surface area (TPSA) is 74.6 Å². The van der Waals surface area contributed by atoms with Crippen molar-refractivity contribution in [3.05, 3.63) is 24.3 Å². The lowest BCUT2D eigenvalue weighted by molar-refractivity contribution is -0.137. The maximum absolute atomic E-state index is 14.8. The number of carbonyl (C=O) groups excluding carboxylic acids is 1. The molecule has 2 N–H and O–H groups in total. The summed E-state index contributed by atoms with van der Waals surface area (Å²) in [5.74, 6) is -1.75. The second-order valence-corrected chi connectivity index (χ2v) is 7.33. The van der Waals surface area contributed by atoms with Crippen molar-refractivity contribution in [3.8, 4) is 0 Å². The molecule has 0 unspecified atom stereocenters. The van der Waals surface area contributed by atoms with Crippen molar-refractivity contribution in [3.63, 3.8) is 0 Å². The number of ketones is 1. The van der Waals surface area contributed by atoms with E-state index in [2.05, 4.69) is 13.5 Å². The molecule has 4 nitrogen and oxygen atoms in total. The third-order valence-electron chi connectivity index (χ3n) is 5.07. The molecule has 0 aliphatic heterocycles. The lowest BCUT2D eigenvalue weighted by atomic mass is 9.84. The van der Waals surface area contributed by atoms with Crippen molar-refractivity contribution in [2.45, 2.75) is 83.4 Å². The summed E-state index contributed by atoms with van der Waals surface area (Å²) < 4.78 is 14.8. The van der Waals surface area contributed by atoms with Crippen molar-refractivity contribution < 1.29 is 24.2 Å². The van der Waals surface area contributed by atoms with E-state index >= 15 is 0 Å². The van der Waals surface area contributed by atoms with E-state index in [0.717, 1.165) is 19.3 Å². The van der Waals surface area contributed by atoms with E-state index in [9.17, 15) is 19.1 Å². The Hall–Kier alpha value is -1.49. The number of alkyl halides is 1. The Bertz CT molecular complexity index is 500. The van der Waals surface area contributed by atoms with Crippen molar-refractivity contribution in [1.82, 2.24) is 0 Å². The van der Waals surface area contributed by atoms with Gasteiger partial charge in [-0.1, -0.05) is 50.5 Å². The predicted molar refractivity (Wildman–Crippen MR) is 101 cm³/mol. The van der Waals surface area contributed by atoms with Crippen LogP contribution < -0.4 is 0 Å². The number of carboxylic acids is 1. The second-order valence-electron chi connectivity index (χ2n) is 7.33. The summed E-state index contributed by atoms with van der Waals surface area (Å²) in [5, 5.41) is 18.6. The largest absolute Gasteiger partial charge is 0.481 e. The van der Waals surface area contributed by atoms with Crippen molar-refractivity contribution in [2.75, 3.05) is 0 Å². The van der Waals surface area contributed by atoms with Crippen LogP contribution >= 0.6 is 0 Å². The Balaban J connectivity index is 2.52. The molecule has 0 heterocycles. The monoisotopic (exact) mass is 368 g/mol. The molecule has 0 radical (unpaired) electrons. The molecule has 0 amide bonds. The van der Waals surface area contributed by atoms with E-state index in [0.29, 0.717) is 31.3 Å². The molecular formula is C21H33FO4. The van der Waals surface area contributed by atoms with E-state index in [-0.39, 0.29) is 25.0 Å². The minimum absolute atomic E-state index is 0.0123. The highest BCUT2D eigenvalue weighted by molar-refractivity contribution is 5.87. The first-order chi connectivity index (χ1) is 12.4. The second kappa shape index (κ2) is 12.0. The average Bonchev–Trinajstić information content (AvgIpc) is 2.84. The number of rotatable bonds is 13. The highest BCUT2D eigenvalue weighted by atomic mass is 19.1. The van der Waals surface area contributed by atoms with E-state index in [4.69, 9.17) is 5.11 Å². The van der Waals surface area contributed by atoms with Crippen LogP contribution in [0.5, 0.6) is 0 Å². The number of halogens is 1. The number of carboxylic acid groups (broad SMARTS) is 1. The molecule has 148 valence electrons. The number of aliphatic hydroxyl groups excluding tert-OH is 1. The van der Waals surface area contributed by atoms with Gasteiger partial charge in [0.1, 0.15) is 12.0 Å². The van der Waals surface area contributed by atoms with Crippen LogP contribution in [-0.4, -0.2) is 34.2 Å². The van der Waals surface area contributed by atoms with Crippen LogP contribution in [0.4, 0.5) is 4.39 Å². The Kier molecular flexibility index (Phi) is 10.4. The van der Waals surface area contributed by atoms with Crippen molar-refractivity contribution in [2.24, 2.45) is 11.8 Å². The summed E-state index contributed by atoms with van der Waals surface area (Å²) in [6.45, 7) is 5.97. The third-order valence-corrected chi connectivity index (χ3v) is 5.07. The minimum Gasteiger partial charge on any atom is -0.481 e. The van der Waals surface area contributed by atoms with E-state index < -0.39 is 30.1 Å². The number of unbranched alkanes of at least 4 members (excludes halogenated alkanes) is 3. The SMILES string of the molecule is C=C1CC(=O)[C@H](CC=CCCCC(=O)O)[C@H]1[C@@H](F)C[C@@H](O)CCCCC. The molecule has 1 saturated carbocycles. The first-order valence-corrected chi connectivity index (χ1v) is 9.76. The maximum atomic E-state index is 14.8. The summed E-state index contributed by atoms with van der Waals surface area (Å²) in [5.41, 5.74) is 0.632. The lowest BCUT2D eigenvalue weighted by Gasteiger charge is -2.24. The van der Waals surface area contributed by atoms with Gasteiger partial charge in [-0.15, -0.1) is 0 Å². The normalized spacial score (nSPS) is 22.9. The molecule has 1 fully saturated rings. The van der Waals surface area contributed by atoms with Gasteiger partial charge < -0.3 is 10.2 Å². The molecule has 5 heteroatoms. The zero-order valence-electron chi connectivity index (χ0n) is 15.8. The number of aliphatic carboxylic acids is 1. The minimum atomic E-state index is -1.25. The fourth-order valence-corrected chi connectivity index (χ4v) is 3.63. The summed E-state index contributed by atoms with van der Waals surface area (Å²) >= 11 is 0. The van der Waals surface area contributed by atoms with Gasteiger partial charge >= 0.3 is 5.97 Å². The summed E-state index contributed by atoms with van der Waals surface area (Å²) in [6, 6.07) is 0. The van der Waals surface area contributed by atoms with Crippen LogP contribution in [0.25, 0.3) is 0 Å². The molecule has 0 bridgehead atoms. The first kappa shape index (κ1) is 22.6. The highest BCUT2D eigenvalue weighted by Gasteiger charge is 2.41. The fraction of sp³-hybridized carbons (Fsp3) is 0.714. The van der Waals surface area contributed by atoms with Gasteiger partial charge in [0, 0.05) is 31.1 Å². The van der Waals surface area contributed by atoms with Crippen LogP contribution in [0, 0.1) is 11.8 Å². The third kappa shape index (κ3) is 7.81. The molecule has 0 aromatic rings. The van der Waals surface area contributed by atoms with Gasteiger partial charge in [-0.3, -0.25) is 9.59 Å². The molecule has 0 saturated heterocycles. The molecule has 1 rings (SSSR count). The Morgan fingerprint density at radius 3 is 2.73 bits per heavy atom. The van der Waals surface area contributed by atoms with Crippen LogP contribution in [-0.2, 0) is 9.59 Å². The number of carbonyl (C=O) groups is 2. The number of Topliss-reactive ketones (excluding diaryl/α,β-unsaturated/α-hetero) is 1. The van der Waals surface area contributed by atoms with E-state index in [1.54, 1.807) is 0 Å². The van der Waals surface area contributed by atoms with Crippen molar-refractivity contribution >= 4 is 11.8 Å². The van der Waals surface area contributed by atoms with Gasteiger partial charge in [-0.25, -0.2) is 4.39 Å². The van der Waals surface area contributed by atoms with E-state index in [1.165, 1.54) is 0 Å². The number of hydrogen-bond donors (Lipinski definition) is 2. The summed E-state index contributed by atoms with van der Waals surface area (Å²) in [6.07, 6.45) is 7.37. The molecule has 26 heavy (non-hydrogen) atoms. The lowest BCUT2D eigenvalue weighted by Crippen LogP contribution is -2.27. The Morgan fingerprint density at radius 1 is 1.35 bits per heavy atom. The summed E-state index contributed by atoms with van der Waals surface area (Å²) in [4.78, 5) is 22.7. The molecule has 0 aromatic carbocycles. The maximum Gasteiger partial charge on any atom is 0.303 e. The number of aliphatic hydroxyl groups is 1. The van der Waals surface area contributed by atoms with Crippen LogP contribution in [0.2, 0.25) is 0 Å². The van der Waals surface area contributed by atoms with Gasteiger partial charge in [0.15, 0.2) is 0 Å². The van der Waals surface area contributed by atoms with Crippen LogP contribution in [0.15, 0.2) is 24.3 Å². The standard InChI is InChI=1S/C21H33FO4/c1-3-4-7-10-16(23)14-18(22)21-15(2)13-19(24)17(21)11-8-5-6-9-12-20(25)26/h5,8,16-18,21,23H,2-4,6-7,9-14H2,1H3,(H,25,26)/t16-,17-,18-,21-/m0/s1. The van der Waals surface area contributed by atoms with E-state index in [1.807, 2.05) is 12.2 Å². The fourth-order valence-electron chi connectivity index (χ4n) is 3.63. The first-order valence-electron chi connectivity index (χ1n) is 9.76. The van der Waals surface area contributed by atoms with Gasteiger partial charge in [-0.2, -0.15) is 0 Å². The number of allylic oxidation sites excluding steroid dienone is 3.